The van der Waals surface area contributed by atoms with E-state index in [1.54, 1.807) is 0 Å². The molecule has 2 rings (SSSR count). The van der Waals surface area contributed by atoms with Gasteiger partial charge in [0.1, 0.15) is 0 Å². The van der Waals surface area contributed by atoms with E-state index in [-0.39, 0.29) is 16.8 Å². The SMILES string of the molecule is [Co].c1ccc2cnccc2c1. The van der Waals surface area contributed by atoms with Gasteiger partial charge >= 0.3 is 0 Å². The summed E-state index contributed by atoms with van der Waals surface area (Å²) in [5, 5.41) is 2.45. The molecule has 0 unspecified atom stereocenters. The Bertz CT molecular complexity index is 281. The molecule has 0 aliphatic rings. The number of hydrogen-bond acceptors (Lipinski definition) is 1. The van der Waals surface area contributed by atoms with Gasteiger partial charge in [-0.1, -0.05) is 24.3 Å². The molecule has 1 aromatic heterocycles. The minimum absolute atomic E-state index is 0. The molecule has 0 aliphatic carbocycles. The number of pyridine rings is 1. The Morgan fingerprint density at radius 1 is 0.909 bits per heavy atom. The molecule has 1 heterocycles. The summed E-state index contributed by atoms with van der Waals surface area (Å²) in [7, 11) is 0. The summed E-state index contributed by atoms with van der Waals surface area (Å²) < 4.78 is 0. The molecule has 0 amide bonds. The molecule has 1 aromatic carbocycles. The normalized spacial score (nSPS) is 9.09. The van der Waals surface area contributed by atoms with Gasteiger partial charge in [0.2, 0.25) is 0 Å². The molecule has 1 radical (unpaired) electrons. The van der Waals surface area contributed by atoms with Gasteiger partial charge in [-0.05, 0) is 16.8 Å². The van der Waals surface area contributed by atoms with Crippen LogP contribution in [-0.2, 0) is 16.8 Å². The van der Waals surface area contributed by atoms with E-state index in [1.807, 2.05) is 30.6 Å². The zero-order valence-corrected chi connectivity index (χ0v) is 6.86. The molecule has 11 heavy (non-hydrogen) atoms. The van der Waals surface area contributed by atoms with Gasteiger partial charge in [0, 0.05) is 29.2 Å². The third-order valence-corrected chi connectivity index (χ3v) is 1.55. The molecule has 0 bridgehead atoms. The summed E-state index contributed by atoms with van der Waals surface area (Å²) in [4.78, 5) is 4.01. The standard InChI is InChI=1S/C9H7N.Co/c1-2-4-9-7-10-6-5-8(9)3-1;/h1-7H;. The monoisotopic (exact) mass is 188 g/mol. The van der Waals surface area contributed by atoms with Crippen LogP contribution in [-0.4, -0.2) is 4.98 Å². The van der Waals surface area contributed by atoms with Crippen LogP contribution >= 0.6 is 0 Å². The first-order valence-electron chi connectivity index (χ1n) is 3.25. The molecule has 0 saturated heterocycles. The molecule has 2 aromatic rings. The largest absolute Gasteiger partial charge is 0.264 e. The maximum Gasteiger partial charge on any atom is 0.0346 e. The topological polar surface area (TPSA) is 12.9 Å². The smallest absolute Gasteiger partial charge is 0.0346 e. The van der Waals surface area contributed by atoms with Gasteiger partial charge in [0.15, 0.2) is 0 Å². The second kappa shape index (κ2) is 3.51. The summed E-state index contributed by atoms with van der Waals surface area (Å²) >= 11 is 0. The van der Waals surface area contributed by atoms with Crippen molar-refractivity contribution in [1.29, 1.82) is 0 Å². The first-order valence-corrected chi connectivity index (χ1v) is 3.25. The average Bonchev–Trinajstić information content (AvgIpc) is 2.05. The fourth-order valence-electron chi connectivity index (χ4n) is 1.03. The maximum atomic E-state index is 4.01. The van der Waals surface area contributed by atoms with Crippen molar-refractivity contribution in [2.75, 3.05) is 0 Å². The fraction of sp³-hybridized carbons (Fsp3) is 0. The number of nitrogens with zero attached hydrogens (tertiary/aromatic N) is 1. The number of aromatic nitrogens is 1. The number of rotatable bonds is 0. The van der Waals surface area contributed by atoms with Crippen molar-refractivity contribution in [2.24, 2.45) is 0 Å². The molecule has 0 N–H and O–H groups in total. The molecular weight excluding hydrogens is 181 g/mol. The van der Waals surface area contributed by atoms with Crippen molar-refractivity contribution in [3.63, 3.8) is 0 Å². The maximum absolute atomic E-state index is 4.01. The van der Waals surface area contributed by atoms with Crippen molar-refractivity contribution in [2.45, 2.75) is 0 Å². The van der Waals surface area contributed by atoms with E-state index in [0.29, 0.717) is 0 Å². The van der Waals surface area contributed by atoms with Crippen LogP contribution in [0.2, 0.25) is 0 Å². The quantitative estimate of drug-likeness (QED) is 0.617. The van der Waals surface area contributed by atoms with E-state index in [0.717, 1.165) is 0 Å². The van der Waals surface area contributed by atoms with Crippen LogP contribution in [0.25, 0.3) is 10.8 Å². The number of fused-ring (bicyclic) bond motifs is 1. The van der Waals surface area contributed by atoms with Gasteiger partial charge in [-0.25, -0.2) is 0 Å². The summed E-state index contributed by atoms with van der Waals surface area (Å²) in [6.07, 6.45) is 3.68. The van der Waals surface area contributed by atoms with Gasteiger partial charge < -0.3 is 0 Å². The molecule has 0 saturated carbocycles. The predicted molar refractivity (Wildman–Crippen MR) is 41.7 cm³/mol. The molecular formula is C9H7CoN. The second-order valence-corrected chi connectivity index (χ2v) is 2.22. The Morgan fingerprint density at radius 2 is 1.64 bits per heavy atom. The van der Waals surface area contributed by atoms with Crippen LogP contribution in [0.15, 0.2) is 42.7 Å². The zero-order valence-electron chi connectivity index (χ0n) is 5.82. The fourth-order valence-corrected chi connectivity index (χ4v) is 1.03. The minimum Gasteiger partial charge on any atom is -0.264 e. The minimum atomic E-state index is 0. The van der Waals surface area contributed by atoms with Crippen molar-refractivity contribution >= 4 is 10.8 Å². The zero-order chi connectivity index (χ0) is 6.81. The van der Waals surface area contributed by atoms with Gasteiger partial charge in [0.05, 0.1) is 0 Å². The second-order valence-electron chi connectivity index (χ2n) is 2.22. The van der Waals surface area contributed by atoms with Gasteiger partial charge in [-0.3, -0.25) is 4.98 Å². The Labute approximate surface area is 75.7 Å². The summed E-state index contributed by atoms with van der Waals surface area (Å²) in [6.45, 7) is 0. The van der Waals surface area contributed by atoms with Crippen molar-refractivity contribution in [3.05, 3.63) is 42.7 Å². The summed E-state index contributed by atoms with van der Waals surface area (Å²) in [5.41, 5.74) is 0. The Balaban J connectivity index is 0.000000605. The summed E-state index contributed by atoms with van der Waals surface area (Å²) in [5.74, 6) is 0. The van der Waals surface area contributed by atoms with Crippen LogP contribution in [0.5, 0.6) is 0 Å². The van der Waals surface area contributed by atoms with E-state index in [9.17, 15) is 0 Å². The van der Waals surface area contributed by atoms with Crippen LogP contribution in [0.4, 0.5) is 0 Å². The van der Waals surface area contributed by atoms with E-state index in [1.165, 1.54) is 10.8 Å². The third-order valence-electron chi connectivity index (χ3n) is 1.55. The number of hydrogen-bond donors (Lipinski definition) is 0. The third kappa shape index (κ3) is 1.58. The molecule has 0 fully saturated rings. The van der Waals surface area contributed by atoms with Gasteiger partial charge in [0.25, 0.3) is 0 Å². The number of benzene rings is 1. The van der Waals surface area contributed by atoms with E-state index in [4.69, 9.17) is 0 Å². The van der Waals surface area contributed by atoms with E-state index < -0.39 is 0 Å². The van der Waals surface area contributed by atoms with E-state index >= 15 is 0 Å². The van der Waals surface area contributed by atoms with E-state index in [2.05, 4.69) is 17.1 Å². The average molecular weight is 188 g/mol. The van der Waals surface area contributed by atoms with Crippen LogP contribution in [0.1, 0.15) is 0 Å². The van der Waals surface area contributed by atoms with Crippen molar-refractivity contribution in [1.82, 2.24) is 4.98 Å². The molecule has 0 atom stereocenters. The Kier molecular flexibility index (Phi) is 2.62. The van der Waals surface area contributed by atoms with Crippen LogP contribution < -0.4 is 0 Å². The van der Waals surface area contributed by atoms with Crippen LogP contribution in [0, 0.1) is 0 Å². The first-order chi connectivity index (χ1) is 4.97. The predicted octanol–water partition coefficient (Wildman–Crippen LogP) is 2.23. The molecule has 1 nitrogen and oxygen atoms in total. The Hall–Kier alpha value is -0.864. The van der Waals surface area contributed by atoms with Crippen LogP contribution in [0.3, 0.4) is 0 Å². The van der Waals surface area contributed by atoms with Crippen molar-refractivity contribution in [3.8, 4) is 0 Å². The molecule has 57 valence electrons. The first kappa shape index (κ1) is 8.24. The Morgan fingerprint density at radius 3 is 2.36 bits per heavy atom. The molecule has 0 aliphatic heterocycles. The summed E-state index contributed by atoms with van der Waals surface area (Å²) in [6, 6.07) is 10.2. The van der Waals surface area contributed by atoms with Crippen molar-refractivity contribution < 1.29 is 16.8 Å². The molecule has 0 spiro atoms. The van der Waals surface area contributed by atoms with Gasteiger partial charge in [-0.2, -0.15) is 0 Å². The molecule has 2 heteroatoms. The van der Waals surface area contributed by atoms with Gasteiger partial charge in [-0.15, -0.1) is 0 Å².